The fraction of sp³-hybridized carbons (Fsp3) is 0.333. The maximum absolute atomic E-state index is 13.6. The molecule has 2 N–H and O–H groups in total. The Bertz CT molecular complexity index is 1250. The normalized spacial score (nSPS) is 14.6. The van der Waals surface area contributed by atoms with Crippen molar-refractivity contribution in [1.82, 2.24) is 19.9 Å². The second-order valence-electron chi connectivity index (χ2n) is 8.36. The second kappa shape index (κ2) is 11.6. The summed E-state index contributed by atoms with van der Waals surface area (Å²) in [6, 6.07) is 8.75. The van der Waals surface area contributed by atoms with Crippen LogP contribution < -0.4 is 10.2 Å². The van der Waals surface area contributed by atoms with Crippen molar-refractivity contribution in [2.24, 2.45) is 0 Å². The number of nitrogens with one attached hydrogen (secondary N) is 1. The predicted molar refractivity (Wildman–Crippen MR) is 135 cm³/mol. The number of carbonyl (C=O) groups excluding carboxylic acids is 1. The maximum Gasteiger partial charge on any atom is 0.433 e. The molecule has 1 fully saturated rings. The van der Waals surface area contributed by atoms with E-state index in [1.165, 1.54) is 6.20 Å². The molecule has 1 saturated heterocycles. The van der Waals surface area contributed by atoms with Gasteiger partial charge in [0.1, 0.15) is 11.6 Å². The Morgan fingerprint density at radius 3 is 2.38 bits per heavy atom. The van der Waals surface area contributed by atoms with Crippen molar-refractivity contribution in [2.75, 3.05) is 49.5 Å². The van der Waals surface area contributed by atoms with Gasteiger partial charge in [0.05, 0.1) is 22.2 Å². The van der Waals surface area contributed by atoms with Crippen molar-refractivity contribution >= 4 is 46.6 Å². The molecule has 2 aromatic heterocycles. The van der Waals surface area contributed by atoms with Gasteiger partial charge >= 0.3 is 6.18 Å². The lowest BCUT2D eigenvalue weighted by molar-refractivity contribution is -0.141. The number of rotatable bonds is 8. The number of ketones is 1. The molecule has 4 rings (SSSR count). The van der Waals surface area contributed by atoms with E-state index in [4.69, 9.17) is 28.3 Å². The highest BCUT2D eigenvalue weighted by Crippen LogP contribution is 2.31. The van der Waals surface area contributed by atoms with Crippen LogP contribution in [0.5, 0.6) is 0 Å². The van der Waals surface area contributed by atoms with Gasteiger partial charge in [-0.25, -0.2) is 9.97 Å². The number of halogens is 5. The first kappa shape index (κ1) is 27.1. The standard InChI is InChI=1S/C24H23Cl2F3N6O2/c25-16-2-1-3-17(26)22(16)18(37)12-15-4-5-30-20(13-15)32-21-14-19(24(27,28)29)31-23(33-21)35-8-6-34(7-9-35)10-11-36/h1-5,13-14,36H,6-12H2,(H,30,31,32,33). The fourth-order valence-corrected chi connectivity index (χ4v) is 4.53. The number of piperazine rings is 1. The molecule has 196 valence electrons. The molecule has 1 aliphatic rings. The highest BCUT2D eigenvalue weighted by molar-refractivity contribution is 6.39. The lowest BCUT2D eigenvalue weighted by Gasteiger charge is -2.34. The van der Waals surface area contributed by atoms with Crippen molar-refractivity contribution in [1.29, 1.82) is 0 Å². The minimum absolute atomic E-state index is 0.0111. The summed E-state index contributed by atoms with van der Waals surface area (Å²) in [6.07, 6.45) is -3.28. The van der Waals surface area contributed by atoms with E-state index in [-0.39, 0.29) is 52.0 Å². The number of alkyl halides is 3. The molecular weight excluding hydrogens is 532 g/mol. The molecule has 8 nitrogen and oxygen atoms in total. The topological polar surface area (TPSA) is 94.5 Å². The molecule has 0 aliphatic carbocycles. The SMILES string of the molecule is O=C(Cc1ccnc(Nc2cc(C(F)(F)F)nc(N3CCN(CCO)CC3)n2)c1)c1c(Cl)cccc1Cl. The van der Waals surface area contributed by atoms with Gasteiger partial charge < -0.3 is 15.3 Å². The van der Waals surface area contributed by atoms with Crippen molar-refractivity contribution in [3.8, 4) is 0 Å². The molecule has 0 amide bonds. The molecule has 1 aromatic carbocycles. The Kier molecular flexibility index (Phi) is 8.48. The van der Waals surface area contributed by atoms with Crippen molar-refractivity contribution in [3.63, 3.8) is 0 Å². The summed E-state index contributed by atoms with van der Waals surface area (Å²) in [5.41, 5.74) is -0.326. The molecule has 0 unspecified atom stereocenters. The van der Waals surface area contributed by atoms with Gasteiger partial charge in [0.25, 0.3) is 0 Å². The average molecular weight is 555 g/mol. The van der Waals surface area contributed by atoms with E-state index in [0.717, 1.165) is 6.07 Å². The summed E-state index contributed by atoms with van der Waals surface area (Å²) in [6.45, 7) is 2.48. The molecule has 0 spiro atoms. The number of hydrogen-bond acceptors (Lipinski definition) is 8. The van der Waals surface area contributed by atoms with Gasteiger partial charge in [-0.3, -0.25) is 9.69 Å². The van der Waals surface area contributed by atoms with Crippen LogP contribution in [0.25, 0.3) is 0 Å². The van der Waals surface area contributed by atoms with E-state index in [0.29, 0.717) is 38.3 Å². The summed E-state index contributed by atoms with van der Waals surface area (Å²) >= 11 is 12.3. The zero-order chi connectivity index (χ0) is 26.6. The zero-order valence-electron chi connectivity index (χ0n) is 19.5. The highest BCUT2D eigenvalue weighted by Gasteiger charge is 2.34. The second-order valence-corrected chi connectivity index (χ2v) is 9.17. The zero-order valence-corrected chi connectivity index (χ0v) is 21.0. The molecule has 3 aromatic rings. The van der Waals surface area contributed by atoms with Crippen LogP contribution >= 0.6 is 23.2 Å². The number of aliphatic hydroxyl groups excluding tert-OH is 1. The van der Waals surface area contributed by atoms with Gasteiger partial charge in [0.15, 0.2) is 11.5 Å². The van der Waals surface area contributed by atoms with Crippen LogP contribution in [-0.4, -0.2) is 70.1 Å². The number of nitrogens with zero attached hydrogens (tertiary/aromatic N) is 5. The van der Waals surface area contributed by atoms with Crippen LogP contribution in [0.1, 0.15) is 21.6 Å². The molecule has 0 saturated carbocycles. The first-order valence-electron chi connectivity index (χ1n) is 11.4. The number of anilines is 3. The van der Waals surface area contributed by atoms with E-state index in [2.05, 4.69) is 20.3 Å². The Morgan fingerprint density at radius 2 is 1.73 bits per heavy atom. The quantitative estimate of drug-likeness (QED) is 0.393. The van der Waals surface area contributed by atoms with E-state index in [9.17, 15) is 18.0 Å². The van der Waals surface area contributed by atoms with Gasteiger partial charge in [0, 0.05) is 51.4 Å². The summed E-state index contributed by atoms with van der Waals surface area (Å²) < 4.78 is 40.8. The van der Waals surface area contributed by atoms with Crippen LogP contribution in [0.2, 0.25) is 10.0 Å². The Hall–Kier alpha value is -2.99. The van der Waals surface area contributed by atoms with E-state index in [1.54, 1.807) is 35.2 Å². The predicted octanol–water partition coefficient (Wildman–Crippen LogP) is 4.48. The van der Waals surface area contributed by atoms with Crippen LogP contribution in [0.4, 0.5) is 30.8 Å². The first-order chi connectivity index (χ1) is 17.6. The lowest BCUT2D eigenvalue weighted by Crippen LogP contribution is -2.47. The molecular formula is C24H23Cl2F3N6O2. The lowest BCUT2D eigenvalue weighted by atomic mass is 10.0. The third kappa shape index (κ3) is 6.86. The van der Waals surface area contributed by atoms with Crippen molar-refractivity contribution in [2.45, 2.75) is 12.6 Å². The Labute approximate surface area is 221 Å². The van der Waals surface area contributed by atoms with Gasteiger partial charge in [-0.15, -0.1) is 0 Å². The van der Waals surface area contributed by atoms with Crippen molar-refractivity contribution < 1.29 is 23.1 Å². The maximum atomic E-state index is 13.6. The highest BCUT2D eigenvalue weighted by atomic mass is 35.5. The largest absolute Gasteiger partial charge is 0.433 e. The number of aromatic nitrogens is 3. The number of benzene rings is 1. The average Bonchev–Trinajstić information content (AvgIpc) is 2.84. The third-order valence-corrected chi connectivity index (χ3v) is 6.39. The number of Topliss-reactive ketones (excluding diaryl/α,β-unsaturated/α-hetero) is 1. The van der Waals surface area contributed by atoms with E-state index < -0.39 is 11.9 Å². The minimum atomic E-state index is -4.68. The van der Waals surface area contributed by atoms with Gasteiger partial charge in [-0.1, -0.05) is 29.3 Å². The summed E-state index contributed by atoms with van der Waals surface area (Å²) in [7, 11) is 0. The number of carbonyl (C=O) groups is 1. The van der Waals surface area contributed by atoms with Crippen LogP contribution in [-0.2, 0) is 12.6 Å². The Morgan fingerprint density at radius 1 is 1.03 bits per heavy atom. The number of aliphatic hydroxyl groups is 1. The monoisotopic (exact) mass is 554 g/mol. The van der Waals surface area contributed by atoms with Crippen LogP contribution in [0.3, 0.4) is 0 Å². The summed E-state index contributed by atoms with van der Waals surface area (Å²) in [5, 5.41) is 12.4. The molecule has 0 radical (unpaired) electrons. The number of pyridine rings is 1. The van der Waals surface area contributed by atoms with Crippen LogP contribution in [0.15, 0.2) is 42.6 Å². The Balaban J connectivity index is 1.55. The van der Waals surface area contributed by atoms with E-state index >= 15 is 0 Å². The number of hydrogen-bond donors (Lipinski definition) is 2. The molecule has 0 atom stereocenters. The molecule has 13 heteroatoms. The van der Waals surface area contributed by atoms with Crippen molar-refractivity contribution in [3.05, 3.63) is 69.5 Å². The third-order valence-electron chi connectivity index (χ3n) is 5.76. The van der Waals surface area contributed by atoms with E-state index in [1.807, 2.05) is 4.90 Å². The summed E-state index contributed by atoms with van der Waals surface area (Å²) in [4.78, 5) is 28.7. The van der Waals surface area contributed by atoms with Gasteiger partial charge in [-0.2, -0.15) is 18.2 Å². The van der Waals surface area contributed by atoms with Gasteiger partial charge in [-0.05, 0) is 29.8 Å². The smallest absolute Gasteiger partial charge is 0.395 e. The molecule has 37 heavy (non-hydrogen) atoms. The molecule has 3 heterocycles. The minimum Gasteiger partial charge on any atom is -0.395 e. The first-order valence-corrected chi connectivity index (χ1v) is 12.1. The fourth-order valence-electron chi connectivity index (χ4n) is 3.92. The van der Waals surface area contributed by atoms with Gasteiger partial charge in [0.2, 0.25) is 5.95 Å². The molecule has 0 bridgehead atoms. The number of β-amino-alcohol motifs (C(OH)–C–C–N with tert-alkyl or cyclic N) is 1. The molecule has 1 aliphatic heterocycles. The summed E-state index contributed by atoms with van der Waals surface area (Å²) in [5.74, 6) is -0.237. The van der Waals surface area contributed by atoms with Crippen LogP contribution in [0, 0.1) is 0 Å².